The Bertz CT molecular complexity index is 2800. The highest BCUT2D eigenvalue weighted by molar-refractivity contribution is 6.28. The molecule has 0 aliphatic rings. The van der Waals surface area contributed by atoms with Gasteiger partial charge in [0, 0.05) is 33.2 Å². The summed E-state index contributed by atoms with van der Waals surface area (Å²) in [5.41, 5.74) is 6.94. The summed E-state index contributed by atoms with van der Waals surface area (Å²) in [5, 5.41) is 12.6. The Morgan fingerprint density at radius 1 is 0.333 bits per heavy atom. The fraction of sp³-hybridized carbons (Fsp3) is 0. The molecule has 1 heterocycles. The van der Waals surface area contributed by atoms with Gasteiger partial charge in [-0.05, 0) is 86.2 Å². The number of benzene rings is 9. The predicted octanol–water partition coefficient (Wildman–Crippen LogP) is 12.9. The van der Waals surface area contributed by atoms with Gasteiger partial charge >= 0.3 is 0 Å². The van der Waals surface area contributed by atoms with E-state index in [4.69, 9.17) is 0 Å². The number of nitrogens with zero attached hydrogens (tertiary/aromatic N) is 2. The van der Waals surface area contributed by atoms with Crippen LogP contribution in [0.2, 0.25) is 0 Å². The van der Waals surface area contributed by atoms with Crippen LogP contribution >= 0.6 is 0 Å². The van der Waals surface area contributed by atoms with Crippen molar-refractivity contribution in [2.24, 2.45) is 0 Å². The van der Waals surface area contributed by atoms with E-state index in [2.05, 4.69) is 191 Å². The SMILES string of the molecule is c1ccc(N(c2ccc3c4ccccc4n(-c4ccc5ccccc5c4)c3c2)c2cccc3c4ccccc4c4ccccc4c23)cc1. The van der Waals surface area contributed by atoms with Crippen LogP contribution in [-0.4, -0.2) is 4.57 Å². The highest BCUT2D eigenvalue weighted by Crippen LogP contribution is 2.45. The van der Waals surface area contributed by atoms with Crippen LogP contribution < -0.4 is 4.90 Å². The third-order valence-electron chi connectivity index (χ3n) is 9.91. The van der Waals surface area contributed by atoms with Gasteiger partial charge in [-0.1, -0.05) is 133 Å². The molecule has 1 aromatic heterocycles. The van der Waals surface area contributed by atoms with E-state index >= 15 is 0 Å². The summed E-state index contributed by atoms with van der Waals surface area (Å²) in [6.07, 6.45) is 0. The highest BCUT2D eigenvalue weighted by Gasteiger charge is 2.21. The molecule has 0 saturated carbocycles. The van der Waals surface area contributed by atoms with E-state index in [9.17, 15) is 0 Å². The van der Waals surface area contributed by atoms with Crippen LogP contribution in [0.25, 0.3) is 70.6 Å². The van der Waals surface area contributed by atoms with Gasteiger partial charge in [0.2, 0.25) is 0 Å². The molecule has 0 radical (unpaired) electrons. The van der Waals surface area contributed by atoms with Crippen molar-refractivity contribution in [2.75, 3.05) is 4.90 Å². The van der Waals surface area contributed by atoms with Crippen molar-refractivity contribution in [3.05, 3.63) is 182 Å². The maximum Gasteiger partial charge on any atom is 0.0561 e. The largest absolute Gasteiger partial charge is 0.310 e. The van der Waals surface area contributed by atoms with E-state index in [0.717, 1.165) is 22.7 Å². The Labute approximate surface area is 278 Å². The van der Waals surface area contributed by atoms with Crippen molar-refractivity contribution in [3.8, 4) is 5.69 Å². The third-order valence-corrected chi connectivity index (χ3v) is 9.91. The second-order valence-electron chi connectivity index (χ2n) is 12.5. The third kappa shape index (κ3) is 4.00. The van der Waals surface area contributed by atoms with Crippen molar-refractivity contribution in [1.29, 1.82) is 0 Å². The Morgan fingerprint density at radius 2 is 0.917 bits per heavy atom. The van der Waals surface area contributed by atoms with Crippen LogP contribution in [-0.2, 0) is 0 Å². The molecule has 0 aliphatic carbocycles. The lowest BCUT2D eigenvalue weighted by molar-refractivity contribution is 1.18. The smallest absolute Gasteiger partial charge is 0.0561 e. The van der Waals surface area contributed by atoms with Crippen LogP contribution in [0.5, 0.6) is 0 Å². The minimum absolute atomic E-state index is 1.11. The highest BCUT2D eigenvalue weighted by atomic mass is 15.1. The van der Waals surface area contributed by atoms with Crippen LogP contribution in [0.1, 0.15) is 0 Å². The molecule has 0 unspecified atom stereocenters. The Balaban J connectivity index is 1.30. The van der Waals surface area contributed by atoms with Gasteiger partial charge in [-0.2, -0.15) is 0 Å². The molecule has 0 N–H and O–H groups in total. The average Bonchev–Trinajstić information content (AvgIpc) is 3.49. The molecule has 10 aromatic rings. The molecule has 10 rings (SSSR count). The van der Waals surface area contributed by atoms with E-state index in [1.807, 2.05) is 0 Å². The number of hydrogen-bond donors (Lipinski definition) is 0. The van der Waals surface area contributed by atoms with Crippen LogP contribution in [0.4, 0.5) is 17.1 Å². The topological polar surface area (TPSA) is 8.17 Å². The molecule has 0 amide bonds. The minimum Gasteiger partial charge on any atom is -0.310 e. The van der Waals surface area contributed by atoms with Crippen LogP contribution in [0.3, 0.4) is 0 Å². The first-order valence-corrected chi connectivity index (χ1v) is 16.5. The van der Waals surface area contributed by atoms with Crippen LogP contribution in [0.15, 0.2) is 182 Å². The molecule has 2 heteroatoms. The molecule has 224 valence electrons. The summed E-state index contributed by atoms with van der Waals surface area (Å²) >= 11 is 0. The average molecular weight is 611 g/mol. The molecule has 2 nitrogen and oxygen atoms in total. The van der Waals surface area contributed by atoms with Crippen molar-refractivity contribution in [3.63, 3.8) is 0 Å². The summed E-state index contributed by atoms with van der Waals surface area (Å²) in [5.74, 6) is 0. The van der Waals surface area contributed by atoms with Gasteiger partial charge < -0.3 is 9.47 Å². The zero-order valence-electron chi connectivity index (χ0n) is 26.2. The molecule has 48 heavy (non-hydrogen) atoms. The molecule has 0 saturated heterocycles. The first kappa shape index (κ1) is 26.8. The first-order valence-electron chi connectivity index (χ1n) is 16.5. The van der Waals surface area contributed by atoms with Crippen molar-refractivity contribution in [2.45, 2.75) is 0 Å². The lowest BCUT2D eigenvalue weighted by atomic mass is 9.93. The minimum atomic E-state index is 1.11. The fourth-order valence-corrected chi connectivity index (χ4v) is 7.82. The Hall–Kier alpha value is -6.38. The molecule has 0 atom stereocenters. The number of anilines is 3. The van der Waals surface area contributed by atoms with E-state index in [0.29, 0.717) is 0 Å². The predicted molar refractivity (Wildman–Crippen MR) is 205 cm³/mol. The Kier molecular flexibility index (Phi) is 5.91. The summed E-state index contributed by atoms with van der Waals surface area (Å²) in [6, 6.07) is 66.3. The van der Waals surface area contributed by atoms with Gasteiger partial charge in [0.05, 0.1) is 16.7 Å². The number of fused-ring (bicyclic) bond motifs is 10. The van der Waals surface area contributed by atoms with Gasteiger partial charge in [-0.15, -0.1) is 0 Å². The van der Waals surface area contributed by atoms with E-state index < -0.39 is 0 Å². The lowest BCUT2D eigenvalue weighted by Gasteiger charge is -2.28. The standard InChI is InChI=1S/C46H30N2/c1-2-15-33(16-3-1)47(44-24-12-22-42-38-18-7-6-17-36(38)37-19-8-9-21-41(37)46(42)44)35-27-28-40-39-20-10-11-23-43(39)48(45(40)30-35)34-26-25-31-13-4-5-14-32(31)29-34/h1-30H. The maximum atomic E-state index is 2.44. The van der Waals surface area contributed by atoms with E-state index in [-0.39, 0.29) is 0 Å². The van der Waals surface area contributed by atoms with Gasteiger partial charge in [0.1, 0.15) is 0 Å². The number of para-hydroxylation sites is 2. The summed E-state index contributed by atoms with van der Waals surface area (Å²) in [7, 11) is 0. The molecule has 0 spiro atoms. The van der Waals surface area contributed by atoms with Gasteiger partial charge in [-0.3, -0.25) is 0 Å². The Morgan fingerprint density at radius 3 is 1.69 bits per heavy atom. The lowest BCUT2D eigenvalue weighted by Crippen LogP contribution is -2.10. The van der Waals surface area contributed by atoms with E-state index in [1.165, 1.54) is 64.9 Å². The van der Waals surface area contributed by atoms with Crippen molar-refractivity contribution < 1.29 is 0 Å². The normalized spacial score (nSPS) is 11.8. The second kappa shape index (κ2) is 10.6. The van der Waals surface area contributed by atoms with Crippen molar-refractivity contribution in [1.82, 2.24) is 4.57 Å². The van der Waals surface area contributed by atoms with Gasteiger partial charge in [0.25, 0.3) is 0 Å². The second-order valence-corrected chi connectivity index (χ2v) is 12.5. The molecular weight excluding hydrogens is 581 g/mol. The summed E-state index contributed by atoms with van der Waals surface area (Å²) < 4.78 is 2.43. The zero-order chi connectivity index (χ0) is 31.6. The molecular formula is C46H30N2. The molecule has 0 fully saturated rings. The maximum absolute atomic E-state index is 2.44. The van der Waals surface area contributed by atoms with E-state index in [1.54, 1.807) is 0 Å². The monoisotopic (exact) mass is 610 g/mol. The molecule has 9 aromatic carbocycles. The van der Waals surface area contributed by atoms with Crippen LogP contribution in [0, 0.1) is 0 Å². The first-order chi connectivity index (χ1) is 23.8. The summed E-state index contributed by atoms with van der Waals surface area (Å²) in [6.45, 7) is 0. The number of hydrogen-bond acceptors (Lipinski definition) is 1. The van der Waals surface area contributed by atoms with Crippen molar-refractivity contribution >= 4 is 82.0 Å². The van der Waals surface area contributed by atoms with Gasteiger partial charge in [0.15, 0.2) is 0 Å². The quantitative estimate of drug-likeness (QED) is 0.180. The zero-order valence-corrected chi connectivity index (χ0v) is 26.2. The molecule has 0 aliphatic heterocycles. The number of rotatable bonds is 4. The molecule has 0 bridgehead atoms. The fourth-order valence-electron chi connectivity index (χ4n) is 7.82. The summed E-state index contributed by atoms with van der Waals surface area (Å²) in [4.78, 5) is 2.44. The number of aromatic nitrogens is 1. The van der Waals surface area contributed by atoms with Gasteiger partial charge in [-0.25, -0.2) is 0 Å².